The molecule has 0 spiro atoms. The average Bonchev–Trinajstić information content (AvgIpc) is 2.18. The molecule has 2 nitrogen and oxygen atoms in total. The Kier molecular flexibility index (Phi) is 3.26. The third-order valence-electron chi connectivity index (χ3n) is 1.61. The summed E-state index contributed by atoms with van der Waals surface area (Å²) < 4.78 is 5.25. The van der Waals surface area contributed by atoms with Crippen LogP contribution in [0, 0.1) is 0 Å². The van der Waals surface area contributed by atoms with E-state index in [2.05, 4.69) is 6.58 Å². The van der Waals surface area contributed by atoms with Crippen LogP contribution in [0.4, 0.5) is 0 Å². The summed E-state index contributed by atoms with van der Waals surface area (Å²) in [6.45, 7) is 5.93. The van der Waals surface area contributed by atoms with E-state index in [0.717, 1.165) is 5.75 Å². The molecular weight excluding hydrogens is 164 g/mol. The van der Waals surface area contributed by atoms with Crippen LogP contribution in [0.1, 0.15) is 17.3 Å². The minimum atomic E-state index is -0.0819. The summed E-state index contributed by atoms with van der Waals surface area (Å²) in [6, 6.07) is 7.07. The standard InChI is InChI=1S/C11H12O2/c1-3-11(12)9-6-5-7-10(8-9)13-4-2/h3,5-8H,1,4H2,2H3. The number of ketones is 1. The summed E-state index contributed by atoms with van der Waals surface area (Å²) >= 11 is 0. The minimum absolute atomic E-state index is 0.0819. The number of ether oxygens (including phenoxy) is 1. The van der Waals surface area contributed by atoms with Crippen LogP contribution in [0.15, 0.2) is 36.9 Å². The molecule has 0 saturated carbocycles. The second-order valence-electron chi connectivity index (χ2n) is 2.53. The van der Waals surface area contributed by atoms with Gasteiger partial charge in [0.15, 0.2) is 5.78 Å². The van der Waals surface area contributed by atoms with E-state index < -0.39 is 0 Å². The molecular formula is C11H12O2. The Morgan fingerprint density at radius 2 is 2.38 bits per heavy atom. The lowest BCUT2D eigenvalue weighted by atomic mass is 10.1. The van der Waals surface area contributed by atoms with E-state index in [-0.39, 0.29) is 5.78 Å². The third-order valence-corrected chi connectivity index (χ3v) is 1.61. The van der Waals surface area contributed by atoms with E-state index in [1.54, 1.807) is 18.2 Å². The van der Waals surface area contributed by atoms with E-state index in [1.165, 1.54) is 6.08 Å². The molecule has 0 saturated heterocycles. The zero-order chi connectivity index (χ0) is 9.68. The van der Waals surface area contributed by atoms with Gasteiger partial charge in [-0.15, -0.1) is 0 Å². The Morgan fingerprint density at radius 3 is 3.00 bits per heavy atom. The molecule has 0 unspecified atom stereocenters. The van der Waals surface area contributed by atoms with Crippen LogP contribution in [0.3, 0.4) is 0 Å². The maximum absolute atomic E-state index is 11.2. The van der Waals surface area contributed by atoms with Crippen LogP contribution in [0.25, 0.3) is 0 Å². The highest BCUT2D eigenvalue weighted by Gasteiger charge is 2.01. The van der Waals surface area contributed by atoms with Crippen molar-refractivity contribution in [2.75, 3.05) is 6.61 Å². The fraction of sp³-hybridized carbons (Fsp3) is 0.182. The number of allylic oxidation sites excluding steroid dienone is 1. The third kappa shape index (κ3) is 2.44. The van der Waals surface area contributed by atoms with Gasteiger partial charge in [0.05, 0.1) is 6.61 Å². The van der Waals surface area contributed by atoms with Gasteiger partial charge in [0.2, 0.25) is 0 Å². The maximum Gasteiger partial charge on any atom is 0.185 e. The normalized spacial score (nSPS) is 9.31. The molecule has 0 fully saturated rings. The second kappa shape index (κ2) is 4.45. The lowest BCUT2D eigenvalue weighted by Gasteiger charge is -2.03. The van der Waals surface area contributed by atoms with Gasteiger partial charge < -0.3 is 4.74 Å². The smallest absolute Gasteiger partial charge is 0.185 e. The Hall–Kier alpha value is -1.57. The van der Waals surface area contributed by atoms with E-state index in [4.69, 9.17) is 4.74 Å². The SMILES string of the molecule is C=CC(=O)c1cccc(OCC)c1. The molecule has 1 aromatic carbocycles. The molecule has 0 N–H and O–H groups in total. The maximum atomic E-state index is 11.2. The molecule has 0 aliphatic carbocycles. The zero-order valence-electron chi connectivity index (χ0n) is 7.62. The van der Waals surface area contributed by atoms with Crippen molar-refractivity contribution < 1.29 is 9.53 Å². The molecule has 68 valence electrons. The molecule has 0 heterocycles. The first kappa shape index (κ1) is 9.52. The van der Waals surface area contributed by atoms with Crippen molar-refractivity contribution in [2.24, 2.45) is 0 Å². The van der Waals surface area contributed by atoms with Crippen LogP contribution < -0.4 is 4.74 Å². The van der Waals surface area contributed by atoms with Gasteiger partial charge in [-0.1, -0.05) is 18.7 Å². The van der Waals surface area contributed by atoms with Crippen molar-refractivity contribution in [3.8, 4) is 5.75 Å². The van der Waals surface area contributed by atoms with Gasteiger partial charge in [0.1, 0.15) is 5.75 Å². The molecule has 0 aromatic heterocycles. The quantitative estimate of drug-likeness (QED) is 0.520. The summed E-state index contributed by atoms with van der Waals surface area (Å²) in [5.41, 5.74) is 0.612. The first-order valence-corrected chi connectivity index (χ1v) is 4.17. The lowest BCUT2D eigenvalue weighted by molar-refractivity contribution is 0.104. The topological polar surface area (TPSA) is 26.3 Å². The van der Waals surface area contributed by atoms with E-state index in [9.17, 15) is 4.79 Å². The molecule has 0 amide bonds. The van der Waals surface area contributed by atoms with Crippen molar-refractivity contribution in [1.82, 2.24) is 0 Å². The van der Waals surface area contributed by atoms with Crippen molar-refractivity contribution in [3.63, 3.8) is 0 Å². The molecule has 1 aromatic rings. The van der Waals surface area contributed by atoms with E-state index in [0.29, 0.717) is 12.2 Å². The van der Waals surface area contributed by atoms with Gasteiger partial charge in [-0.3, -0.25) is 4.79 Å². The Labute approximate surface area is 77.8 Å². The highest BCUT2D eigenvalue weighted by molar-refractivity contribution is 6.04. The van der Waals surface area contributed by atoms with Gasteiger partial charge in [-0.2, -0.15) is 0 Å². The number of hydrogen-bond donors (Lipinski definition) is 0. The van der Waals surface area contributed by atoms with E-state index >= 15 is 0 Å². The first-order valence-electron chi connectivity index (χ1n) is 4.17. The monoisotopic (exact) mass is 176 g/mol. The number of hydrogen-bond acceptors (Lipinski definition) is 2. The molecule has 0 atom stereocenters. The fourth-order valence-corrected chi connectivity index (χ4v) is 1.02. The van der Waals surface area contributed by atoms with Gasteiger partial charge in [-0.05, 0) is 25.1 Å². The number of benzene rings is 1. The first-order chi connectivity index (χ1) is 6.27. The van der Waals surface area contributed by atoms with Crippen molar-refractivity contribution in [3.05, 3.63) is 42.5 Å². The minimum Gasteiger partial charge on any atom is -0.494 e. The second-order valence-corrected chi connectivity index (χ2v) is 2.53. The van der Waals surface area contributed by atoms with Gasteiger partial charge >= 0.3 is 0 Å². The molecule has 13 heavy (non-hydrogen) atoms. The highest BCUT2D eigenvalue weighted by atomic mass is 16.5. The Morgan fingerprint density at radius 1 is 1.62 bits per heavy atom. The predicted molar refractivity (Wildman–Crippen MR) is 52.1 cm³/mol. The van der Waals surface area contributed by atoms with Crippen LogP contribution in [-0.4, -0.2) is 12.4 Å². The molecule has 1 rings (SSSR count). The van der Waals surface area contributed by atoms with Crippen LogP contribution in [0.5, 0.6) is 5.75 Å². The van der Waals surface area contributed by atoms with Gasteiger partial charge in [0.25, 0.3) is 0 Å². The summed E-state index contributed by atoms with van der Waals surface area (Å²) in [4.78, 5) is 11.2. The summed E-state index contributed by atoms with van der Waals surface area (Å²) in [5, 5.41) is 0. The van der Waals surface area contributed by atoms with Crippen molar-refractivity contribution >= 4 is 5.78 Å². The molecule has 0 radical (unpaired) electrons. The highest BCUT2D eigenvalue weighted by Crippen LogP contribution is 2.13. The van der Waals surface area contributed by atoms with Crippen molar-refractivity contribution in [2.45, 2.75) is 6.92 Å². The summed E-state index contributed by atoms with van der Waals surface area (Å²) in [5.74, 6) is 0.636. The fourth-order valence-electron chi connectivity index (χ4n) is 1.02. The number of rotatable bonds is 4. The summed E-state index contributed by atoms with van der Waals surface area (Å²) in [7, 11) is 0. The van der Waals surface area contributed by atoms with Crippen LogP contribution in [0.2, 0.25) is 0 Å². The molecule has 2 heteroatoms. The largest absolute Gasteiger partial charge is 0.494 e. The predicted octanol–water partition coefficient (Wildman–Crippen LogP) is 2.45. The lowest BCUT2D eigenvalue weighted by Crippen LogP contribution is -1.96. The molecule has 0 aliphatic heterocycles. The average molecular weight is 176 g/mol. The van der Waals surface area contributed by atoms with Crippen LogP contribution in [-0.2, 0) is 0 Å². The van der Waals surface area contributed by atoms with Gasteiger partial charge in [0, 0.05) is 5.56 Å². The van der Waals surface area contributed by atoms with Crippen LogP contribution >= 0.6 is 0 Å². The zero-order valence-corrected chi connectivity index (χ0v) is 7.62. The van der Waals surface area contributed by atoms with Gasteiger partial charge in [-0.25, -0.2) is 0 Å². The van der Waals surface area contributed by atoms with E-state index in [1.807, 2.05) is 13.0 Å². The Balaban J connectivity index is 2.91. The number of carbonyl (C=O) groups is 1. The summed E-state index contributed by atoms with van der Waals surface area (Å²) in [6.07, 6.45) is 1.30. The molecule has 0 bridgehead atoms. The van der Waals surface area contributed by atoms with Crippen molar-refractivity contribution in [1.29, 1.82) is 0 Å². The number of carbonyl (C=O) groups excluding carboxylic acids is 1. The molecule has 0 aliphatic rings. The Bertz CT molecular complexity index is 316.